The predicted molar refractivity (Wildman–Crippen MR) is 125 cm³/mol. The van der Waals surface area contributed by atoms with E-state index in [9.17, 15) is 10.0 Å². The Morgan fingerprint density at radius 3 is 2.28 bits per heavy atom. The summed E-state index contributed by atoms with van der Waals surface area (Å²) in [6, 6.07) is 19.7. The first kappa shape index (κ1) is 20.9. The van der Waals surface area contributed by atoms with Gasteiger partial charge in [-0.15, -0.1) is 0 Å². The van der Waals surface area contributed by atoms with E-state index in [1.165, 1.54) is 0 Å². The molecule has 0 aliphatic rings. The van der Waals surface area contributed by atoms with Crippen LogP contribution in [0, 0.1) is 0 Å². The van der Waals surface area contributed by atoms with Gasteiger partial charge < -0.3 is 20.6 Å². The molecule has 0 unspecified atom stereocenters. The van der Waals surface area contributed by atoms with Crippen LogP contribution in [0.15, 0.2) is 71.9 Å². The van der Waals surface area contributed by atoms with Gasteiger partial charge >= 0.3 is 0 Å². The summed E-state index contributed by atoms with van der Waals surface area (Å²) in [5.74, 6) is 0.166. The van der Waals surface area contributed by atoms with Crippen molar-refractivity contribution in [2.75, 3.05) is 24.3 Å². The number of rotatable bonds is 5. The SMILES string of the molecule is CC(=NO)c1ccc2nc(-c3ccc(NC(=O)c4ccc(N(C)C)cc4)cc3)n(O)c2c1. The molecule has 0 radical (unpaired) electrons. The molecule has 8 nitrogen and oxygen atoms in total. The topological polar surface area (TPSA) is 103 Å². The van der Waals surface area contributed by atoms with E-state index < -0.39 is 0 Å². The van der Waals surface area contributed by atoms with E-state index in [4.69, 9.17) is 5.21 Å². The number of benzene rings is 3. The highest BCUT2D eigenvalue weighted by molar-refractivity contribution is 6.04. The van der Waals surface area contributed by atoms with Crippen LogP contribution in [0.1, 0.15) is 22.8 Å². The van der Waals surface area contributed by atoms with Crippen LogP contribution in [0.25, 0.3) is 22.4 Å². The van der Waals surface area contributed by atoms with Crippen LogP contribution >= 0.6 is 0 Å². The van der Waals surface area contributed by atoms with Crippen molar-refractivity contribution in [3.05, 3.63) is 77.9 Å². The molecule has 1 aromatic heterocycles. The molecule has 0 saturated heterocycles. The summed E-state index contributed by atoms with van der Waals surface area (Å²) in [7, 11) is 3.89. The summed E-state index contributed by atoms with van der Waals surface area (Å²) >= 11 is 0. The number of carbonyl (C=O) groups excluding carboxylic acids is 1. The predicted octanol–water partition coefficient (Wildman–Crippen LogP) is 4.46. The van der Waals surface area contributed by atoms with Crippen LogP contribution in [0.3, 0.4) is 0 Å². The zero-order chi connectivity index (χ0) is 22.8. The lowest BCUT2D eigenvalue weighted by Gasteiger charge is -2.12. The Kier molecular flexibility index (Phi) is 5.51. The second-order valence-corrected chi connectivity index (χ2v) is 7.61. The quantitative estimate of drug-likeness (QED) is 0.188. The molecule has 0 aliphatic carbocycles. The van der Waals surface area contributed by atoms with Crippen LogP contribution in [-0.4, -0.2) is 45.8 Å². The second-order valence-electron chi connectivity index (χ2n) is 7.61. The number of imidazole rings is 1. The first-order valence-corrected chi connectivity index (χ1v) is 9.97. The minimum absolute atomic E-state index is 0.203. The van der Waals surface area contributed by atoms with Crippen molar-refractivity contribution in [3.8, 4) is 11.4 Å². The number of fused-ring (bicyclic) bond motifs is 1. The number of amides is 1. The van der Waals surface area contributed by atoms with Crippen LogP contribution in [0.5, 0.6) is 0 Å². The van der Waals surface area contributed by atoms with E-state index in [2.05, 4.69) is 15.5 Å². The van der Waals surface area contributed by atoms with Crippen molar-refractivity contribution in [2.24, 2.45) is 5.16 Å². The minimum Gasteiger partial charge on any atom is -0.426 e. The number of carbonyl (C=O) groups is 1. The van der Waals surface area contributed by atoms with Crippen molar-refractivity contribution in [2.45, 2.75) is 6.92 Å². The first-order valence-electron chi connectivity index (χ1n) is 9.97. The monoisotopic (exact) mass is 429 g/mol. The summed E-state index contributed by atoms with van der Waals surface area (Å²) in [6.45, 7) is 1.67. The summed E-state index contributed by atoms with van der Waals surface area (Å²) < 4.78 is 1.00. The lowest BCUT2D eigenvalue weighted by atomic mass is 10.1. The summed E-state index contributed by atoms with van der Waals surface area (Å²) in [4.78, 5) is 19.0. The van der Waals surface area contributed by atoms with Crippen molar-refractivity contribution >= 4 is 34.0 Å². The molecule has 4 aromatic rings. The van der Waals surface area contributed by atoms with Crippen LogP contribution in [-0.2, 0) is 0 Å². The van der Waals surface area contributed by atoms with E-state index in [1.807, 2.05) is 31.1 Å². The number of aromatic nitrogens is 2. The molecule has 0 aliphatic heterocycles. The van der Waals surface area contributed by atoms with Gasteiger partial charge in [0, 0.05) is 42.2 Å². The number of hydrogen-bond donors (Lipinski definition) is 3. The third-order valence-corrected chi connectivity index (χ3v) is 5.25. The molecule has 0 fully saturated rings. The number of hydrogen-bond acceptors (Lipinski definition) is 6. The normalized spacial score (nSPS) is 11.5. The highest BCUT2D eigenvalue weighted by Crippen LogP contribution is 2.26. The fourth-order valence-corrected chi connectivity index (χ4v) is 3.35. The zero-order valence-corrected chi connectivity index (χ0v) is 17.9. The molecule has 1 amide bonds. The van der Waals surface area contributed by atoms with Gasteiger partial charge in [0.25, 0.3) is 5.91 Å². The van der Waals surface area contributed by atoms with E-state index in [-0.39, 0.29) is 5.91 Å². The molecule has 8 heteroatoms. The molecule has 0 bridgehead atoms. The molecule has 3 aromatic carbocycles. The number of nitrogens with zero attached hydrogens (tertiary/aromatic N) is 4. The van der Waals surface area contributed by atoms with Gasteiger partial charge in [-0.25, -0.2) is 4.98 Å². The average Bonchev–Trinajstić information content (AvgIpc) is 3.14. The van der Waals surface area contributed by atoms with Crippen molar-refractivity contribution < 1.29 is 15.2 Å². The van der Waals surface area contributed by atoms with Gasteiger partial charge in [-0.2, -0.15) is 4.73 Å². The van der Waals surface area contributed by atoms with Gasteiger partial charge in [0.2, 0.25) is 0 Å². The van der Waals surface area contributed by atoms with Crippen LogP contribution in [0.2, 0.25) is 0 Å². The van der Waals surface area contributed by atoms with E-state index in [0.29, 0.717) is 44.9 Å². The third-order valence-electron chi connectivity index (χ3n) is 5.25. The Balaban J connectivity index is 1.55. The van der Waals surface area contributed by atoms with E-state index >= 15 is 0 Å². The molecule has 3 N–H and O–H groups in total. The average molecular weight is 429 g/mol. The van der Waals surface area contributed by atoms with Crippen molar-refractivity contribution in [1.82, 2.24) is 9.71 Å². The smallest absolute Gasteiger partial charge is 0.255 e. The van der Waals surface area contributed by atoms with Gasteiger partial charge in [-0.3, -0.25) is 4.79 Å². The number of oxime groups is 1. The highest BCUT2D eigenvalue weighted by atomic mass is 16.5. The molecule has 0 spiro atoms. The van der Waals surface area contributed by atoms with Gasteiger partial charge in [-0.05, 0) is 67.6 Å². The van der Waals surface area contributed by atoms with Crippen molar-refractivity contribution in [3.63, 3.8) is 0 Å². The summed E-state index contributed by atoms with van der Waals surface area (Å²) in [6.07, 6.45) is 0. The fourth-order valence-electron chi connectivity index (χ4n) is 3.35. The molecule has 0 saturated carbocycles. The maximum atomic E-state index is 12.5. The third kappa shape index (κ3) is 3.98. The molecule has 162 valence electrons. The Bertz CT molecular complexity index is 1310. The number of nitrogens with one attached hydrogen (secondary N) is 1. The standard InChI is InChI=1S/C24H23N5O3/c1-15(27-31)18-8-13-21-22(14-18)29(32)23(26-21)16-4-9-19(10-5-16)25-24(30)17-6-11-20(12-7-17)28(2)3/h4-14,31-32H,1-3H3,(H,25,30). The van der Waals surface area contributed by atoms with Crippen molar-refractivity contribution in [1.29, 1.82) is 0 Å². The van der Waals surface area contributed by atoms with Crippen LogP contribution in [0.4, 0.5) is 11.4 Å². The van der Waals surface area contributed by atoms with E-state index in [0.717, 1.165) is 10.4 Å². The number of anilines is 2. The second kappa shape index (κ2) is 8.43. The maximum Gasteiger partial charge on any atom is 0.255 e. The lowest BCUT2D eigenvalue weighted by Crippen LogP contribution is -2.13. The van der Waals surface area contributed by atoms with Gasteiger partial charge in [-0.1, -0.05) is 11.2 Å². The Morgan fingerprint density at radius 1 is 1.00 bits per heavy atom. The Morgan fingerprint density at radius 2 is 1.66 bits per heavy atom. The van der Waals surface area contributed by atoms with Gasteiger partial charge in [0.05, 0.1) is 11.2 Å². The Labute approximate surface area is 185 Å². The fraction of sp³-hybridized carbons (Fsp3) is 0.125. The maximum absolute atomic E-state index is 12.5. The molecular weight excluding hydrogens is 406 g/mol. The van der Waals surface area contributed by atoms with Crippen LogP contribution < -0.4 is 10.2 Å². The summed E-state index contributed by atoms with van der Waals surface area (Å²) in [5.41, 5.74) is 5.12. The van der Waals surface area contributed by atoms with E-state index in [1.54, 1.807) is 61.5 Å². The molecule has 32 heavy (non-hydrogen) atoms. The zero-order valence-electron chi connectivity index (χ0n) is 17.9. The highest BCUT2D eigenvalue weighted by Gasteiger charge is 2.14. The first-order chi connectivity index (χ1) is 15.4. The largest absolute Gasteiger partial charge is 0.426 e. The van der Waals surface area contributed by atoms with Gasteiger partial charge in [0.1, 0.15) is 5.52 Å². The summed E-state index contributed by atoms with van der Waals surface area (Å²) in [5, 5.41) is 25.7. The minimum atomic E-state index is -0.203. The molecule has 0 atom stereocenters. The Hall–Kier alpha value is -4.33. The molecule has 4 rings (SSSR count). The van der Waals surface area contributed by atoms with Gasteiger partial charge in [0.15, 0.2) is 5.82 Å². The molecule has 1 heterocycles. The lowest BCUT2D eigenvalue weighted by molar-refractivity contribution is 0.102. The molecular formula is C24H23N5O3.